The maximum Gasteiger partial charge on any atom is 0.416 e. The molecule has 1 atom stereocenters. The molecule has 0 spiro atoms. The number of aryl methyl sites for hydroxylation is 1. The zero-order valence-corrected chi connectivity index (χ0v) is 10.9. The average molecular weight is 302 g/mol. The van der Waals surface area contributed by atoms with Crippen LogP contribution >= 0.6 is 0 Å². The molecule has 0 aliphatic heterocycles. The first-order valence-corrected chi connectivity index (χ1v) is 6.01. The predicted molar refractivity (Wildman–Crippen MR) is 66.6 cm³/mol. The summed E-state index contributed by atoms with van der Waals surface area (Å²) in [6.07, 6.45) is -5.81. The van der Waals surface area contributed by atoms with Crippen LogP contribution < -0.4 is 0 Å². The SMILES string of the molecule is Cc1cc(C(F)(F)F)ccc1C(O)c1ccc(F)c(F)c1. The smallest absolute Gasteiger partial charge is 0.384 e. The molecule has 0 aromatic heterocycles. The Bertz CT molecular complexity index is 664. The lowest BCUT2D eigenvalue weighted by Gasteiger charge is -2.16. The van der Waals surface area contributed by atoms with Crippen LogP contribution in [0.25, 0.3) is 0 Å². The second kappa shape index (κ2) is 5.44. The van der Waals surface area contributed by atoms with Crippen molar-refractivity contribution >= 4 is 0 Å². The van der Waals surface area contributed by atoms with Crippen LogP contribution in [0.3, 0.4) is 0 Å². The van der Waals surface area contributed by atoms with Crippen molar-refractivity contribution in [3.8, 4) is 0 Å². The van der Waals surface area contributed by atoms with Gasteiger partial charge < -0.3 is 5.11 Å². The fourth-order valence-electron chi connectivity index (χ4n) is 2.02. The Morgan fingerprint density at radius 2 is 1.62 bits per heavy atom. The molecule has 1 nitrogen and oxygen atoms in total. The quantitative estimate of drug-likeness (QED) is 0.817. The van der Waals surface area contributed by atoms with Gasteiger partial charge in [0, 0.05) is 0 Å². The molecule has 0 saturated heterocycles. The lowest BCUT2D eigenvalue weighted by atomic mass is 9.95. The van der Waals surface area contributed by atoms with Crippen LogP contribution in [0, 0.1) is 18.6 Å². The molecule has 0 heterocycles. The molecule has 0 bridgehead atoms. The molecule has 0 aliphatic carbocycles. The minimum atomic E-state index is -4.48. The fourth-order valence-corrected chi connectivity index (χ4v) is 2.02. The summed E-state index contributed by atoms with van der Waals surface area (Å²) in [5.74, 6) is -2.19. The van der Waals surface area contributed by atoms with E-state index in [1.165, 1.54) is 13.0 Å². The van der Waals surface area contributed by atoms with Crippen molar-refractivity contribution in [2.45, 2.75) is 19.2 Å². The minimum absolute atomic E-state index is 0.0664. The van der Waals surface area contributed by atoms with E-state index in [0.717, 1.165) is 30.3 Å². The highest BCUT2D eigenvalue weighted by atomic mass is 19.4. The van der Waals surface area contributed by atoms with E-state index >= 15 is 0 Å². The first-order valence-electron chi connectivity index (χ1n) is 6.01. The summed E-state index contributed by atoms with van der Waals surface area (Å²) in [5, 5.41) is 10.1. The van der Waals surface area contributed by atoms with Crippen LogP contribution in [-0.4, -0.2) is 5.11 Å². The van der Waals surface area contributed by atoms with Crippen molar-refractivity contribution < 1.29 is 27.1 Å². The Balaban J connectivity index is 2.39. The van der Waals surface area contributed by atoms with Gasteiger partial charge in [0.25, 0.3) is 0 Å². The first kappa shape index (κ1) is 15.4. The fraction of sp³-hybridized carbons (Fsp3) is 0.200. The monoisotopic (exact) mass is 302 g/mol. The van der Waals surface area contributed by atoms with Gasteiger partial charge in [0.1, 0.15) is 6.10 Å². The second-order valence-electron chi connectivity index (χ2n) is 4.65. The Kier molecular flexibility index (Phi) is 4.00. The van der Waals surface area contributed by atoms with Crippen molar-refractivity contribution in [1.82, 2.24) is 0 Å². The molecule has 0 amide bonds. The van der Waals surface area contributed by atoms with E-state index in [-0.39, 0.29) is 16.7 Å². The van der Waals surface area contributed by atoms with Gasteiger partial charge in [-0.15, -0.1) is 0 Å². The molecule has 0 fully saturated rings. The molecule has 6 heteroatoms. The topological polar surface area (TPSA) is 20.2 Å². The van der Waals surface area contributed by atoms with E-state index in [9.17, 15) is 27.1 Å². The lowest BCUT2D eigenvalue weighted by molar-refractivity contribution is -0.137. The summed E-state index contributed by atoms with van der Waals surface area (Å²) >= 11 is 0. The number of hydrogen-bond acceptors (Lipinski definition) is 1. The Labute approximate surface area is 117 Å². The van der Waals surface area contributed by atoms with E-state index < -0.39 is 29.5 Å². The van der Waals surface area contributed by atoms with Crippen LogP contribution in [0.15, 0.2) is 36.4 Å². The number of rotatable bonds is 2. The molecule has 0 radical (unpaired) electrons. The zero-order valence-electron chi connectivity index (χ0n) is 10.9. The summed E-state index contributed by atoms with van der Waals surface area (Å²) in [4.78, 5) is 0. The molecule has 2 aromatic carbocycles. The third kappa shape index (κ3) is 3.21. The summed E-state index contributed by atoms with van der Waals surface area (Å²) in [6, 6.07) is 5.72. The molecule has 2 rings (SSSR count). The van der Waals surface area contributed by atoms with Crippen molar-refractivity contribution in [3.05, 3.63) is 70.3 Å². The van der Waals surface area contributed by atoms with Gasteiger partial charge in [-0.25, -0.2) is 8.78 Å². The Morgan fingerprint density at radius 3 is 2.14 bits per heavy atom. The van der Waals surface area contributed by atoms with Gasteiger partial charge in [-0.2, -0.15) is 13.2 Å². The highest BCUT2D eigenvalue weighted by Gasteiger charge is 2.31. The molecular formula is C15H11F5O. The van der Waals surface area contributed by atoms with E-state index in [4.69, 9.17) is 0 Å². The molecule has 0 aliphatic rings. The van der Waals surface area contributed by atoms with E-state index in [1.54, 1.807) is 0 Å². The van der Waals surface area contributed by atoms with Crippen molar-refractivity contribution in [1.29, 1.82) is 0 Å². The Morgan fingerprint density at radius 1 is 0.952 bits per heavy atom. The van der Waals surface area contributed by atoms with Gasteiger partial charge in [0.05, 0.1) is 5.56 Å². The van der Waals surface area contributed by atoms with Crippen LogP contribution in [0.2, 0.25) is 0 Å². The van der Waals surface area contributed by atoms with Crippen molar-refractivity contribution in [3.63, 3.8) is 0 Å². The molecule has 0 saturated carbocycles. The zero-order chi connectivity index (χ0) is 15.8. The molecule has 21 heavy (non-hydrogen) atoms. The van der Waals surface area contributed by atoms with E-state index in [0.29, 0.717) is 0 Å². The van der Waals surface area contributed by atoms with Crippen molar-refractivity contribution in [2.75, 3.05) is 0 Å². The number of aliphatic hydroxyl groups is 1. The largest absolute Gasteiger partial charge is 0.416 e. The van der Waals surface area contributed by atoms with E-state index in [1.807, 2.05) is 0 Å². The number of halogens is 5. The second-order valence-corrected chi connectivity index (χ2v) is 4.65. The lowest BCUT2D eigenvalue weighted by Crippen LogP contribution is -2.08. The molecule has 1 N–H and O–H groups in total. The Hall–Kier alpha value is -1.95. The molecule has 112 valence electrons. The van der Waals surface area contributed by atoms with Gasteiger partial charge in [0.15, 0.2) is 11.6 Å². The number of benzene rings is 2. The number of alkyl halides is 3. The van der Waals surface area contributed by atoms with E-state index in [2.05, 4.69) is 0 Å². The van der Waals surface area contributed by atoms with Crippen LogP contribution in [0.5, 0.6) is 0 Å². The summed E-state index contributed by atoms with van der Waals surface area (Å²) in [6.45, 7) is 1.41. The van der Waals surface area contributed by atoms with Gasteiger partial charge >= 0.3 is 6.18 Å². The highest BCUT2D eigenvalue weighted by Crippen LogP contribution is 2.33. The standard InChI is InChI=1S/C15H11F5O/c1-8-6-10(15(18,19)20)3-4-11(8)14(21)9-2-5-12(16)13(17)7-9/h2-7,14,21H,1H3. The summed E-state index contributed by atoms with van der Waals surface area (Å²) in [7, 11) is 0. The van der Waals surface area contributed by atoms with Gasteiger partial charge in [0.2, 0.25) is 0 Å². The molecule has 1 unspecified atom stereocenters. The van der Waals surface area contributed by atoms with Crippen LogP contribution in [0.1, 0.15) is 28.4 Å². The van der Waals surface area contributed by atoms with Gasteiger partial charge in [-0.05, 0) is 47.9 Å². The summed E-state index contributed by atoms with van der Waals surface area (Å²) in [5.41, 5.74) is -0.353. The molecule has 2 aromatic rings. The van der Waals surface area contributed by atoms with Crippen LogP contribution in [0.4, 0.5) is 22.0 Å². The minimum Gasteiger partial charge on any atom is -0.384 e. The number of hydrogen-bond donors (Lipinski definition) is 1. The van der Waals surface area contributed by atoms with Crippen LogP contribution in [-0.2, 0) is 6.18 Å². The highest BCUT2D eigenvalue weighted by molar-refractivity contribution is 5.38. The number of aliphatic hydroxyl groups excluding tert-OH is 1. The predicted octanol–water partition coefficient (Wildman–Crippen LogP) is 4.37. The third-order valence-corrected chi connectivity index (χ3v) is 3.15. The van der Waals surface area contributed by atoms with Gasteiger partial charge in [-0.1, -0.05) is 12.1 Å². The third-order valence-electron chi connectivity index (χ3n) is 3.15. The van der Waals surface area contributed by atoms with Gasteiger partial charge in [-0.3, -0.25) is 0 Å². The maximum absolute atomic E-state index is 13.1. The average Bonchev–Trinajstić information content (AvgIpc) is 2.40. The first-order chi connectivity index (χ1) is 9.70. The van der Waals surface area contributed by atoms with Crippen molar-refractivity contribution in [2.24, 2.45) is 0 Å². The maximum atomic E-state index is 13.1. The summed E-state index contributed by atoms with van der Waals surface area (Å²) < 4.78 is 63.7. The normalized spacial score (nSPS) is 13.3. The molecular weight excluding hydrogens is 291 g/mol.